The molecule has 0 bridgehead atoms. The first kappa shape index (κ1) is 11.6. The largest absolute Gasteiger partial charge is 0.387 e. The van der Waals surface area contributed by atoms with Crippen LogP contribution in [0.25, 0.3) is 0 Å². The zero-order valence-corrected chi connectivity index (χ0v) is 8.76. The number of allylic oxidation sites excluding steroid dienone is 1. The van der Waals surface area contributed by atoms with Gasteiger partial charge in [0.05, 0.1) is 11.4 Å². The lowest BCUT2D eigenvalue weighted by atomic mass is 10.3. The Bertz CT molecular complexity index is 259. The van der Waals surface area contributed by atoms with Crippen molar-refractivity contribution in [2.24, 2.45) is 9.98 Å². The van der Waals surface area contributed by atoms with E-state index in [9.17, 15) is 0 Å². The smallest absolute Gasteiger partial charge is 0.106 e. The number of rotatable bonds is 4. The first-order chi connectivity index (χ1) is 6.17. The fourth-order valence-corrected chi connectivity index (χ4v) is 0.892. The number of hydrogen-bond donors (Lipinski definition) is 1. The molecule has 0 fully saturated rings. The van der Waals surface area contributed by atoms with Crippen molar-refractivity contribution in [1.82, 2.24) is 5.32 Å². The summed E-state index contributed by atoms with van der Waals surface area (Å²) < 4.78 is 0. The van der Waals surface area contributed by atoms with Gasteiger partial charge in [0, 0.05) is 19.5 Å². The molecule has 72 valence electrons. The van der Waals surface area contributed by atoms with Crippen molar-refractivity contribution in [3.8, 4) is 0 Å². The highest BCUT2D eigenvalue weighted by Gasteiger charge is 2.01. The summed E-state index contributed by atoms with van der Waals surface area (Å²) in [5.74, 6) is 0. The quantitative estimate of drug-likeness (QED) is 0.521. The highest BCUT2D eigenvalue weighted by Crippen LogP contribution is 2.12. The van der Waals surface area contributed by atoms with Crippen LogP contribution in [0, 0.1) is 0 Å². The van der Waals surface area contributed by atoms with Gasteiger partial charge in [0.2, 0.25) is 0 Å². The van der Waals surface area contributed by atoms with Gasteiger partial charge in [0.1, 0.15) is 5.70 Å². The molecule has 3 nitrogen and oxygen atoms in total. The molecule has 0 rings (SSSR count). The van der Waals surface area contributed by atoms with E-state index in [1.807, 2.05) is 27.8 Å². The Morgan fingerprint density at radius 1 is 1.23 bits per heavy atom. The van der Waals surface area contributed by atoms with Gasteiger partial charge in [-0.15, -0.1) is 0 Å². The lowest BCUT2D eigenvalue weighted by Crippen LogP contribution is -2.07. The minimum absolute atomic E-state index is 0.779. The van der Waals surface area contributed by atoms with E-state index < -0.39 is 0 Å². The van der Waals surface area contributed by atoms with Gasteiger partial charge in [-0.1, -0.05) is 6.58 Å². The van der Waals surface area contributed by atoms with Crippen molar-refractivity contribution < 1.29 is 0 Å². The molecule has 0 unspecified atom stereocenters. The van der Waals surface area contributed by atoms with Crippen molar-refractivity contribution >= 4 is 12.4 Å². The average Bonchev–Trinajstić information content (AvgIpc) is 2.13. The van der Waals surface area contributed by atoms with Crippen LogP contribution in [0.2, 0.25) is 0 Å². The zero-order chi connectivity index (χ0) is 10.3. The van der Waals surface area contributed by atoms with Crippen LogP contribution in [0.4, 0.5) is 0 Å². The molecule has 0 spiro atoms. The van der Waals surface area contributed by atoms with Gasteiger partial charge >= 0.3 is 0 Å². The van der Waals surface area contributed by atoms with Crippen molar-refractivity contribution in [1.29, 1.82) is 0 Å². The summed E-state index contributed by atoms with van der Waals surface area (Å²) in [6, 6.07) is 0. The summed E-state index contributed by atoms with van der Waals surface area (Å²) in [5, 5.41) is 2.95. The van der Waals surface area contributed by atoms with Crippen molar-refractivity contribution in [2.45, 2.75) is 20.8 Å². The van der Waals surface area contributed by atoms with E-state index in [2.05, 4.69) is 21.9 Å². The van der Waals surface area contributed by atoms with Crippen LogP contribution < -0.4 is 5.32 Å². The minimum atomic E-state index is 0.779. The molecule has 3 heteroatoms. The molecule has 0 atom stereocenters. The Morgan fingerprint density at radius 2 is 1.77 bits per heavy atom. The number of likely N-dealkylation sites (N-methyl/N-ethyl adjacent to an activating group) is 1. The summed E-state index contributed by atoms with van der Waals surface area (Å²) in [6.45, 7) is 9.49. The SMILES string of the molecule is C=C(NC)/C(N=CC)=C(/C)N=CC. The van der Waals surface area contributed by atoms with Crippen molar-refractivity contribution in [2.75, 3.05) is 7.05 Å². The minimum Gasteiger partial charge on any atom is -0.387 e. The Morgan fingerprint density at radius 3 is 2.15 bits per heavy atom. The Hall–Kier alpha value is -1.38. The van der Waals surface area contributed by atoms with Crippen LogP contribution in [0.1, 0.15) is 20.8 Å². The molecule has 0 aromatic heterocycles. The van der Waals surface area contributed by atoms with Gasteiger partial charge in [-0.25, -0.2) is 0 Å². The molecular weight excluding hydrogens is 162 g/mol. The van der Waals surface area contributed by atoms with E-state index in [0.29, 0.717) is 0 Å². The fourth-order valence-electron chi connectivity index (χ4n) is 0.892. The van der Waals surface area contributed by atoms with E-state index in [1.54, 1.807) is 12.4 Å². The molecule has 0 heterocycles. The Kier molecular flexibility index (Phi) is 5.52. The molecule has 13 heavy (non-hydrogen) atoms. The van der Waals surface area contributed by atoms with Crippen molar-refractivity contribution in [3.63, 3.8) is 0 Å². The topological polar surface area (TPSA) is 36.8 Å². The third-order valence-corrected chi connectivity index (χ3v) is 1.51. The van der Waals surface area contributed by atoms with Crippen LogP contribution in [0.5, 0.6) is 0 Å². The van der Waals surface area contributed by atoms with Crippen LogP contribution in [-0.4, -0.2) is 19.5 Å². The third kappa shape index (κ3) is 3.69. The predicted octanol–water partition coefficient (Wildman–Crippen LogP) is 2.13. The molecule has 0 amide bonds. The fraction of sp³-hybridized carbons (Fsp3) is 0.400. The zero-order valence-electron chi connectivity index (χ0n) is 8.76. The monoisotopic (exact) mass is 179 g/mol. The highest BCUT2D eigenvalue weighted by molar-refractivity contribution is 5.59. The van der Waals surface area contributed by atoms with Gasteiger partial charge in [-0.3, -0.25) is 9.98 Å². The van der Waals surface area contributed by atoms with Gasteiger partial charge in [-0.2, -0.15) is 0 Å². The maximum Gasteiger partial charge on any atom is 0.106 e. The van der Waals surface area contributed by atoms with Gasteiger partial charge in [-0.05, 0) is 20.8 Å². The molecule has 0 aromatic carbocycles. The van der Waals surface area contributed by atoms with Crippen LogP contribution >= 0.6 is 0 Å². The molecule has 0 aliphatic heterocycles. The lowest BCUT2D eigenvalue weighted by molar-refractivity contribution is 0.978. The number of nitrogens with zero attached hydrogens (tertiary/aromatic N) is 2. The van der Waals surface area contributed by atoms with Crippen LogP contribution in [-0.2, 0) is 0 Å². The molecule has 0 aliphatic rings. The highest BCUT2D eigenvalue weighted by atomic mass is 14.9. The average molecular weight is 179 g/mol. The van der Waals surface area contributed by atoms with E-state index >= 15 is 0 Å². The first-order valence-corrected chi connectivity index (χ1v) is 4.22. The summed E-state index contributed by atoms with van der Waals surface area (Å²) in [6.07, 6.45) is 3.47. The molecule has 0 aromatic rings. The maximum absolute atomic E-state index is 4.19. The number of aliphatic imine (C=N–C) groups is 2. The van der Waals surface area contributed by atoms with Crippen molar-refractivity contribution in [3.05, 3.63) is 23.7 Å². The van der Waals surface area contributed by atoms with E-state index in [0.717, 1.165) is 17.1 Å². The van der Waals surface area contributed by atoms with Gasteiger partial charge in [0.15, 0.2) is 0 Å². The molecule has 0 saturated heterocycles. The van der Waals surface area contributed by atoms with E-state index in [-0.39, 0.29) is 0 Å². The standard InChI is InChI=1S/C10H17N3/c1-6-12-9(4)10(13-7-2)8(3)11-5/h6-7,11H,3H2,1-2,4-5H3/b10-9+,12-6?,13-7?. The van der Waals surface area contributed by atoms with Crippen LogP contribution in [0.3, 0.4) is 0 Å². The summed E-state index contributed by atoms with van der Waals surface area (Å²) >= 11 is 0. The third-order valence-electron chi connectivity index (χ3n) is 1.51. The molecular formula is C10H17N3. The molecule has 0 radical (unpaired) electrons. The van der Waals surface area contributed by atoms with Crippen LogP contribution in [0.15, 0.2) is 33.7 Å². The second-order valence-corrected chi connectivity index (χ2v) is 2.44. The normalized spacial score (nSPS) is 13.5. The van der Waals surface area contributed by atoms with Gasteiger partial charge in [0.25, 0.3) is 0 Å². The predicted molar refractivity (Wildman–Crippen MR) is 59.2 cm³/mol. The molecule has 0 saturated carbocycles. The summed E-state index contributed by atoms with van der Waals surface area (Å²) in [7, 11) is 1.82. The first-order valence-electron chi connectivity index (χ1n) is 4.22. The second-order valence-electron chi connectivity index (χ2n) is 2.44. The maximum atomic E-state index is 4.19. The summed E-state index contributed by atoms with van der Waals surface area (Å²) in [5.41, 5.74) is 2.43. The molecule has 0 aliphatic carbocycles. The number of hydrogen-bond acceptors (Lipinski definition) is 3. The summed E-state index contributed by atoms with van der Waals surface area (Å²) in [4.78, 5) is 8.34. The Balaban J connectivity index is 4.98. The lowest BCUT2D eigenvalue weighted by Gasteiger charge is -2.06. The number of nitrogens with one attached hydrogen (secondary N) is 1. The van der Waals surface area contributed by atoms with E-state index in [1.165, 1.54) is 0 Å². The van der Waals surface area contributed by atoms with Gasteiger partial charge < -0.3 is 5.32 Å². The Labute approximate surface area is 80.0 Å². The van der Waals surface area contributed by atoms with E-state index in [4.69, 9.17) is 0 Å². The second kappa shape index (κ2) is 6.17. The molecule has 1 N–H and O–H groups in total.